The summed E-state index contributed by atoms with van der Waals surface area (Å²) in [4.78, 5) is 0. The molecule has 2 unspecified atom stereocenters. The molecule has 0 heterocycles. The van der Waals surface area contributed by atoms with E-state index >= 15 is 0 Å². The van der Waals surface area contributed by atoms with Gasteiger partial charge in [0, 0.05) is 12.6 Å². The van der Waals surface area contributed by atoms with Gasteiger partial charge in [-0.3, -0.25) is 0 Å². The zero-order valence-electron chi connectivity index (χ0n) is 10.6. The Kier molecular flexibility index (Phi) is 6.26. The second kappa shape index (κ2) is 7.24. The van der Waals surface area contributed by atoms with Crippen LogP contribution in [0.1, 0.15) is 52.9 Å². The highest BCUT2D eigenvalue weighted by Gasteiger charge is 2.21. The Balaban J connectivity index is 1.88. The van der Waals surface area contributed by atoms with E-state index in [-0.39, 0.29) is 0 Å². The van der Waals surface area contributed by atoms with E-state index in [1.54, 1.807) is 0 Å². The fourth-order valence-corrected chi connectivity index (χ4v) is 2.28. The van der Waals surface area contributed by atoms with Crippen molar-refractivity contribution in [3.05, 3.63) is 0 Å². The van der Waals surface area contributed by atoms with Crippen molar-refractivity contribution in [1.29, 1.82) is 0 Å². The van der Waals surface area contributed by atoms with Gasteiger partial charge in [0.15, 0.2) is 0 Å². The Bertz CT molecular complexity index is 159. The molecule has 0 amide bonds. The molecule has 0 aromatic heterocycles. The minimum atomic E-state index is 0.382. The number of ether oxygens (including phenoxy) is 1. The number of hydrogen-bond acceptors (Lipinski definition) is 2. The Morgan fingerprint density at radius 1 is 1.27 bits per heavy atom. The van der Waals surface area contributed by atoms with Crippen molar-refractivity contribution in [2.75, 3.05) is 13.2 Å². The lowest BCUT2D eigenvalue weighted by Crippen LogP contribution is -2.31. The zero-order chi connectivity index (χ0) is 11.1. The Hall–Kier alpha value is -0.0800. The van der Waals surface area contributed by atoms with Crippen molar-refractivity contribution >= 4 is 0 Å². The molecule has 90 valence electrons. The summed E-state index contributed by atoms with van der Waals surface area (Å²) in [5.74, 6) is 0.886. The van der Waals surface area contributed by atoms with Crippen LogP contribution >= 0.6 is 0 Å². The van der Waals surface area contributed by atoms with Crippen LogP contribution in [0.15, 0.2) is 0 Å². The molecule has 0 spiro atoms. The highest BCUT2D eigenvalue weighted by Crippen LogP contribution is 2.24. The third-order valence-corrected chi connectivity index (χ3v) is 3.29. The van der Waals surface area contributed by atoms with Crippen LogP contribution in [0.2, 0.25) is 0 Å². The van der Waals surface area contributed by atoms with Gasteiger partial charge in [-0.1, -0.05) is 13.3 Å². The van der Waals surface area contributed by atoms with Crippen LogP contribution in [0.25, 0.3) is 0 Å². The summed E-state index contributed by atoms with van der Waals surface area (Å²) < 4.78 is 5.51. The summed E-state index contributed by atoms with van der Waals surface area (Å²) in [6, 6.07) is 0.788. The molecule has 1 aliphatic rings. The first-order valence-electron chi connectivity index (χ1n) is 6.55. The summed E-state index contributed by atoms with van der Waals surface area (Å²) in [5.41, 5.74) is 0. The van der Waals surface area contributed by atoms with E-state index in [0.717, 1.165) is 25.1 Å². The molecule has 2 nitrogen and oxygen atoms in total. The highest BCUT2D eigenvalue weighted by atomic mass is 16.5. The van der Waals surface area contributed by atoms with Crippen molar-refractivity contribution in [3.8, 4) is 0 Å². The number of rotatable bonds is 7. The number of unbranched alkanes of at least 4 members (excludes halogenated alkanes) is 1. The van der Waals surface area contributed by atoms with Gasteiger partial charge in [-0.15, -0.1) is 0 Å². The van der Waals surface area contributed by atoms with Crippen LogP contribution in [0.3, 0.4) is 0 Å². The first-order chi connectivity index (χ1) is 7.20. The van der Waals surface area contributed by atoms with E-state index in [2.05, 4.69) is 26.1 Å². The van der Waals surface area contributed by atoms with Gasteiger partial charge in [0.25, 0.3) is 0 Å². The fourth-order valence-electron chi connectivity index (χ4n) is 2.28. The van der Waals surface area contributed by atoms with Gasteiger partial charge in [-0.25, -0.2) is 0 Å². The molecule has 2 atom stereocenters. The molecule has 0 bridgehead atoms. The van der Waals surface area contributed by atoms with Crippen molar-refractivity contribution in [1.82, 2.24) is 5.32 Å². The molecule has 0 aromatic rings. The number of hydrogen-bond donors (Lipinski definition) is 1. The van der Waals surface area contributed by atoms with Gasteiger partial charge in [0.05, 0.1) is 6.10 Å². The molecule has 2 heteroatoms. The predicted octanol–water partition coefficient (Wildman–Crippen LogP) is 2.97. The second-order valence-corrected chi connectivity index (χ2v) is 5.10. The topological polar surface area (TPSA) is 21.3 Å². The molecular weight excluding hydrogens is 186 g/mol. The first-order valence-corrected chi connectivity index (χ1v) is 6.55. The van der Waals surface area contributed by atoms with Crippen molar-refractivity contribution in [2.45, 2.75) is 65.0 Å². The summed E-state index contributed by atoms with van der Waals surface area (Å²) in [6.07, 6.45) is 7.02. The molecule has 0 saturated heterocycles. The van der Waals surface area contributed by atoms with E-state index < -0.39 is 0 Å². The molecule has 1 N–H and O–H groups in total. The van der Waals surface area contributed by atoms with E-state index in [0.29, 0.717) is 6.10 Å². The van der Waals surface area contributed by atoms with E-state index in [1.807, 2.05) is 0 Å². The van der Waals surface area contributed by atoms with Crippen LogP contribution in [-0.2, 0) is 4.74 Å². The zero-order valence-corrected chi connectivity index (χ0v) is 10.6. The SMILES string of the molecule is CC(C)OCCCCNC1CCCC1C. The predicted molar refractivity (Wildman–Crippen MR) is 65.1 cm³/mol. The van der Waals surface area contributed by atoms with Crippen molar-refractivity contribution in [3.63, 3.8) is 0 Å². The molecule has 1 rings (SSSR count). The normalized spacial score (nSPS) is 26.4. The Morgan fingerprint density at radius 3 is 2.67 bits per heavy atom. The smallest absolute Gasteiger partial charge is 0.0518 e. The lowest BCUT2D eigenvalue weighted by Gasteiger charge is -2.17. The molecule has 1 saturated carbocycles. The summed E-state index contributed by atoms with van der Waals surface area (Å²) >= 11 is 0. The van der Waals surface area contributed by atoms with Crippen LogP contribution < -0.4 is 5.32 Å². The lowest BCUT2D eigenvalue weighted by molar-refractivity contribution is 0.0759. The molecule has 15 heavy (non-hydrogen) atoms. The maximum Gasteiger partial charge on any atom is 0.0518 e. The molecule has 0 aliphatic heterocycles. The minimum Gasteiger partial charge on any atom is -0.379 e. The van der Waals surface area contributed by atoms with Crippen LogP contribution in [0.4, 0.5) is 0 Å². The largest absolute Gasteiger partial charge is 0.379 e. The monoisotopic (exact) mass is 213 g/mol. The third kappa shape index (κ3) is 5.53. The lowest BCUT2D eigenvalue weighted by atomic mass is 10.1. The molecular formula is C13H27NO. The summed E-state index contributed by atoms with van der Waals surface area (Å²) in [7, 11) is 0. The van der Waals surface area contributed by atoms with E-state index in [1.165, 1.54) is 32.1 Å². The Morgan fingerprint density at radius 2 is 2.07 bits per heavy atom. The third-order valence-electron chi connectivity index (χ3n) is 3.29. The summed E-state index contributed by atoms with van der Waals surface area (Å²) in [5, 5.41) is 3.66. The second-order valence-electron chi connectivity index (χ2n) is 5.10. The van der Waals surface area contributed by atoms with Gasteiger partial charge in [-0.05, 0) is 52.0 Å². The maximum absolute atomic E-state index is 5.51. The average molecular weight is 213 g/mol. The maximum atomic E-state index is 5.51. The van der Waals surface area contributed by atoms with Gasteiger partial charge >= 0.3 is 0 Å². The van der Waals surface area contributed by atoms with E-state index in [9.17, 15) is 0 Å². The Labute approximate surface area is 94.8 Å². The van der Waals surface area contributed by atoms with Crippen LogP contribution in [0.5, 0.6) is 0 Å². The number of nitrogens with one attached hydrogen (secondary N) is 1. The van der Waals surface area contributed by atoms with Gasteiger partial charge < -0.3 is 10.1 Å². The fraction of sp³-hybridized carbons (Fsp3) is 1.00. The highest BCUT2D eigenvalue weighted by molar-refractivity contribution is 4.79. The van der Waals surface area contributed by atoms with E-state index in [4.69, 9.17) is 4.74 Å². The molecule has 1 fully saturated rings. The minimum absolute atomic E-state index is 0.382. The molecule has 1 aliphatic carbocycles. The summed E-state index contributed by atoms with van der Waals surface area (Å²) in [6.45, 7) is 8.64. The van der Waals surface area contributed by atoms with Crippen LogP contribution in [0, 0.1) is 5.92 Å². The van der Waals surface area contributed by atoms with Gasteiger partial charge in [0.1, 0.15) is 0 Å². The van der Waals surface area contributed by atoms with Gasteiger partial charge in [0.2, 0.25) is 0 Å². The quantitative estimate of drug-likeness (QED) is 0.656. The average Bonchev–Trinajstić information content (AvgIpc) is 2.57. The molecule has 0 radical (unpaired) electrons. The standard InChI is InChI=1S/C13H27NO/c1-11(2)15-10-5-4-9-14-13-8-6-7-12(13)3/h11-14H,4-10H2,1-3H3. The van der Waals surface area contributed by atoms with Crippen molar-refractivity contribution in [2.24, 2.45) is 5.92 Å². The molecule has 0 aromatic carbocycles. The first kappa shape index (κ1) is 13.0. The van der Waals surface area contributed by atoms with Crippen LogP contribution in [-0.4, -0.2) is 25.3 Å². The van der Waals surface area contributed by atoms with Gasteiger partial charge in [-0.2, -0.15) is 0 Å². The van der Waals surface area contributed by atoms with Crippen molar-refractivity contribution < 1.29 is 4.74 Å².